The zero-order valence-corrected chi connectivity index (χ0v) is 25.1. The van der Waals surface area contributed by atoms with Crippen molar-refractivity contribution >= 4 is 44.6 Å². The van der Waals surface area contributed by atoms with E-state index < -0.39 is 50.8 Å². The summed E-state index contributed by atoms with van der Waals surface area (Å²) in [6, 6.07) is 14.1. The average molecular weight is 621 g/mol. The highest BCUT2D eigenvalue weighted by atomic mass is 35.5. The molecule has 0 radical (unpaired) electrons. The number of carbonyl (C=O) groups is 1. The molecule has 216 valence electrons. The van der Waals surface area contributed by atoms with Gasteiger partial charge in [-0.3, -0.25) is 4.79 Å². The molecule has 6 nitrogen and oxygen atoms in total. The van der Waals surface area contributed by atoms with E-state index in [-0.39, 0.29) is 37.2 Å². The van der Waals surface area contributed by atoms with Crippen molar-refractivity contribution in [2.24, 2.45) is 5.41 Å². The number of hydrogen-bond donors (Lipinski definition) is 2. The molecule has 1 aliphatic heterocycles. The lowest BCUT2D eigenvalue weighted by Gasteiger charge is -2.37. The molecule has 1 unspecified atom stereocenters. The van der Waals surface area contributed by atoms with Gasteiger partial charge in [-0.05, 0) is 59.9 Å². The van der Waals surface area contributed by atoms with Crippen molar-refractivity contribution in [1.82, 2.24) is 5.32 Å². The van der Waals surface area contributed by atoms with Crippen LogP contribution in [-0.4, -0.2) is 32.7 Å². The zero-order valence-electron chi connectivity index (χ0n) is 22.8. The molecule has 1 saturated heterocycles. The Labute approximate surface area is 248 Å². The minimum absolute atomic E-state index is 0.0233. The molecule has 4 atom stereocenters. The molecule has 41 heavy (non-hydrogen) atoms. The first-order valence-corrected chi connectivity index (χ1v) is 15.4. The molecule has 1 heterocycles. The number of halogens is 4. The van der Waals surface area contributed by atoms with Gasteiger partial charge in [0.25, 0.3) is 0 Å². The minimum Gasteiger partial charge on any atom is -0.325 e. The third kappa shape index (κ3) is 6.12. The fraction of sp³-hybridized carbons (Fsp3) is 0.333. The number of carbonyl (C=O) groups excluding carboxylic acids is 1. The van der Waals surface area contributed by atoms with Crippen molar-refractivity contribution in [3.63, 3.8) is 0 Å². The van der Waals surface area contributed by atoms with Crippen LogP contribution in [-0.2, 0) is 20.0 Å². The van der Waals surface area contributed by atoms with Gasteiger partial charge in [-0.1, -0.05) is 62.2 Å². The van der Waals surface area contributed by atoms with Gasteiger partial charge in [-0.15, -0.1) is 0 Å². The third-order valence-electron chi connectivity index (χ3n) is 7.28. The third-order valence-corrected chi connectivity index (χ3v) is 8.94. The summed E-state index contributed by atoms with van der Waals surface area (Å²) in [5, 5.41) is 16.8. The smallest absolute Gasteiger partial charge is 0.242 e. The van der Waals surface area contributed by atoms with Gasteiger partial charge in [0, 0.05) is 34.5 Å². The second kappa shape index (κ2) is 11.3. The fourth-order valence-corrected chi connectivity index (χ4v) is 6.53. The lowest BCUT2D eigenvalue weighted by Crippen LogP contribution is -2.45. The van der Waals surface area contributed by atoms with Crippen LogP contribution < -0.4 is 10.6 Å². The Hall–Kier alpha value is -3.03. The monoisotopic (exact) mass is 619 g/mol. The molecule has 0 bridgehead atoms. The summed E-state index contributed by atoms with van der Waals surface area (Å²) < 4.78 is 55.1. The van der Waals surface area contributed by atoms with Gasteiger partial charge in [0.05, 0.1) is 22.0 Å². The lowest BCUT2D eigenvalue weighted by molar-refractivity contribution is -0.118. The van der Waals surface area contributed by atoms with Crippen LogP contribution in [0.1, 0.15) is 44.2 Å². The Morgan fingerprint density at radius 3 is 2.32 bits per heavy atom. The van der Waals surface area contributed by atoms with Crippen molar-refractivity contribution in [1.29, 1.82) is 5.26 Å². The van der Waals surface area contributed by atoms with Crippen molar-refractivity contribution < 1.29 is 22.0 Å². The lowest BCUT2D eigenvalue weighted by atomic mass is 9.62. The van der Waals surface area contributed by atoms with Crippen LogP contribution in [0.15, 0.2) is 65.6 Å². The fourth-order valence-electron chi connectivity index (χ4n) is 5.56. The Bertz CT molecular complexity index is 1640. The van der Waals surface area contributed by atoms with Crippen LogP contribution in [0.5, 0.6) is 0 Å². The SMILES string of the molecule is CC(C)(C)CC1N[C@@H](C(=O)Nc2ccc(S(C)(=O)=O)cc2)[C@H](c2cccc(Cl)c2F)[C@@]1(C#N)c1ccc(Cl)cc1F. The van der Waals surface area contributed by atoms with Crippen molar-refractivity contribution in [2.45, 2.75) is 55.5 Å². The number of nitrogens with one attached hydrogen (secondary N) is 2. The number of benzene rings is 3. The highest BCUT2D eigenvalue weighted by Crippen LogP contribution is 2.52. The molecule has 1 aliphatic rings. The summed E-state index contributed by atoms with van der Waals surface area (Å²) in [6.45, 7) is 5.84. The Kier molecular flexibility index (Phi) is 8.55. The molecule has 0 saturated carbocycles. The zero-order chi connectivity index (χ0) is 30.3. The number of rotatable bonds is 6. The summed E-state index contributed by atoms with van der Waals surface area (Å²) in [5.41, 5.74) is -1.90. The van der Waals surface area contributed by atoms with Gasteiger partial charge in [0.2, 0.25) is 5.91 Å². The quantitative estimate of drug-likeness (QED) is 0.322. The molecule has 0 aromatic heterocycles. The number of nitrogens with zero attached hydrogens (tertiary/aromatic N) is 1. The van der Waals surface area contributed by atoms with E-state index in [2.05, 4.69) is 16.7 Å². The highest BCUT2D eigenvalue weighted by Gasteiger charge is 2.61. The first-order valence-electron chi connectivity index (χ1n) is 12.8. The maximum atomic E-state index is 15.7. The normalized spacial score (nSPS) is 22.8. The van der Waals surface area contributed by atoms with Gasteiger partial charge in [-0.2, -0.15) is 5.26 Å². The number of nitriles is 1. The van der Waals surface area contributed by atoms with Crippen LogP contribution in [0.3, 0.4) is 0 Å². The molecule has 3 aromatic rings. The first-order chi connectivity index (χ1) is 19.1. The maximum absolute atomic E-state index is 15.7. The van der Waals surface area contributed by atoms with E-state index in [1.54, 1.807) is 0 Å². The van der Waals surface area contributed by atoms with Crippen molar-refractivity contribution in [3.05, 3.63) is 93.5 Å². The van der Waals surface area contributed by atoms with Gasteiger partial charge >= 0.3 is 0 Å². The molecule has 3 aromatic carbocycles. The molecule has 1 fully saturated rings. The van der Waals surface area contributed by atoms with Crippen molar-refractivity contribution in [2.75, 3.05) is 11.6 Å². The number of hydrogen-bond acceptors (Lipinski definition) is 5. The molecular weight excluding hydrogens is 591 g/mol. The predicted octanol–water partition coefficient (Wildman–Crippen LogP) is 6.64. The number of anilines is 1. The predicted molar refractivity (Wildman–Crippen MR) is 156 cm³/mol. The highest BCUT2D eigenvalue weighted by molar-refractivity contribution is 7.90. The Morgan fingerprint density at radius 2 is 1.76 bits per heavy atom. The van der Waals surface area contributed by atoms with Gasteiger partial charge in [0.15, 0.2) is 9.84 Å². The van der Waals surface area contributed by atoms with Gasteiger partial charge in [-0.25, -0.2) is 17.2 Å². The van der Waals surface area contributed by atoms with E-state index >= 15 is 8.78 Å². The van der Waals surface area contributed by atoms with E-state index in [0.717, 1.165) is 12.3 Å². The van der Waals surface area contributed by atoms with Crippen LogP contribution >= 0.6 is 23.2 Å². The largest absolute Gasteiger partial charge is 0.325 e. The summed E-state index contributed by atoms with van der Waals surface area (Å²) in [4.78, 5) is 14.0. The molecular formula is C30H29Cl2F2N3O3S. The van der Waals surface area contributed by atoms with Gasteiger partial charge < -0.3 is 10.6 Å². The molecule has 0 spiro atoms. The molecule has 2 N–H and O–H groups in total. The standard InChI is InChI=1S/C30H29Cl2F2N3O3S/c1-29(2,3)15-24-30(16-35,21-13-8-17(31)14-23(21)33)25(20-6-5-7-22(32)26(20)34)27(37-24)28(38)36-18-9-11-19(12-10-18)41(4,39)40/h5-14,24-25,27,37H,15H2,1-4H3,(H,36,38)/t24?,25-,27+,30-/m0/s1. The maximum Gasteiger partial charge on any atom is 0.242 e. The summed E-state index contributed by atoms with van der Waals surface area (Å²) >= 11 is 12.2. The van der Waals surface area contributed by atoms with Crippen molar-refractivity contribution in [3.8, 4) is 6.07 Å². The van der Waals surface area contributed by atoms with Gasteiger partial charge in [0.1, 0.15) is 17.0 Å². The molecule has 11 heteroatoms. The summed E-state index contributed by atoms with van der Waals surface area (Å²) in [6.07, 6.45) is 1.40. The number of amides is 1. The van der Waals surface area contributed by atoms with Crippen LogP contribution in [0.4, 0.5) is 14.5 Å². The Balaban J connectivity index is 1.92. The molecule has 0 aliphatic carbocycles. The second-order valence-electron chi connectivity index (χ2n) is 11.5. The second-order valence-corrected chi connectivity index (χ2v) is 14.3. The van der Waals surface area contributed by atoms with E-state index in [1.165, 1.54) is 54.6 Å². The first kappa shape index (κ1) is 30.9. The van der Waals surface area contributed by atoms with Crippen LogP contribution in [0, 0.1) is 28.4 Å². The summed E-state index contributed by atoms with van der Waals surface area (Å²) in [7, 11) is -3.46. The molecule has 1 amide bonds. The van der Waals surface area contributed by atoms with Crippen LogP contribution in [0.2, 0.25) is 10.0 Å². The molecule has 4 rings (SSSR count). The Morgan fingerprint density at radius 1 is 1.10 bits per heavy atom. The minimum atomic E-state index is -3.46. The van der Waals surface area contributed by atoms with E-state index in [1.807, 2.05) is 20.8 Å². The van der Waals surface area contributed by atoms with E-state index in [9.17, 15) is 18.5 Å². The number of sulfone groups is 1. The topological polar surface area (TPSA) is 99.1 Å². The van der Waals surface area contributed by atoms with E-state index in [4.69, 9.17) is 23.2 Å². The van der Waals surface area contributed by atoms with Crippen LogP contribution in [0.25, 0.3) is 0 Å². The van der Waals surface area contributed by atoms with E-state index in [0.29, 0.717) is 6.42 Å². The summed E-state index contributed by atoms with van der Waals surface area (Å²) in [5.74, 6) is -3.41. The average Bonchev–Trinajstić information content (AvgIpc) is 3.18.